The summed E-state index contributed by atoms with van der Waals surface area (Å²) >= 11 is 12.3. The van der Waals surface area contributed by atoms with Gasteiger partial charge in [-0.1, -0.05) is 23.2 Å². The van der Waals surface area contributed by atoms with Crippen LogP contribution in [0.3, 0.4) is 0 Å². The molecule has 0 aliphatic rings. The smallest absolute Gasteiger partial charge is 0.291 e. The lowest BCUT2D eigenvalue weighted by Gasteiger charge is -2.31. The number of aliphatic imine (C=N–C) groups is 1. The van der Waals surface area contributed by atoms with Crippen molar-refractivity contribution in [3.8, 4) is 5.69 Å². The van der Waals surface area contributed by atoms with Gasteiger partial charge in [-0.15, -0.1) is 5.10 Å². The maximum Gasteiger partial charge on any atom is 0.291 e. The van der Waals surface area contributed by atoms with E-state index < -0.39 is 23.6 Å². The van der Waals surface area contributed by atoms with Gasteiger partial charge in [0.1, 0.15) is 23.5 Å². The maximum absolute atomic E-state index is 13.8. The lowest BCUT2D eigenvalue weighted by Crippen LogP contribution is -2.51. The van der Waals surface area contributed by atoms with Crippen molar-refractivity contribution in [2.45, 2.75) is 65.0 Å². The number of hydrogen-bond donors (Lipinski definition) is 3. The standard InChI is InChI=1S/C29H36Cl2F2N8O2/c1-17(2)40(10-6-7-19-11-22(32)16-23(33)12-19)28(43)25(8-4-5-9-36-29(34)35)38-27(42)26-37-18(3)41(39-26)24-14-20(30)13-21(31)15-24/h11-17,25H,4-10H2,1-3H3,(H,38,42)(H4,34,35,36). The summed E-state index contributed by atoms with van der Waals surface area (Å²) in [6, 6.07) is 7.12. The molecule has 3 rings (SSSR count). The van der Waals surface area contributed by atoms with Gasteiger partial charge in [0.15, 0.2) is 5.96 Å². The highest BCUT2D eigenvalue weighted by atomic mass is 35.5. The number of benzene rings is 2. The Morgan fingerprint density at radius 3 is 2.28 bits per heavy atom. The van der Waals surface area contributed by atoms with Crippen LogP contribution in [0.1, 0.15) is 61.5 Å². The Bertz CT molecular complexity index is 1420. The van der Waals surface area contributed by atoms with Gasteiger partial charge in [-0.3, -0.25) is 14.6 Å². The summed E-state index contributed by atoms with van der Waals surface area (Å²) in [4.78, 5) is 37.0. The molecule has 1 unspecified atom stereocenters. The molecule has 43 heavy (non-hydrogen) atoms. The molecule has 2 amide bonds. The molecule has 3 aromatic rings. The van der Waals surface area contributed by atoms with E-state index in [4.69, 9.17) is 34.7 Å². The molecule has 0 spiro atoms. The van der Waals surface area contributed by atoms with Crippen LogP contribution >= 0.6 is 23.2 Å². The van der Waals surface area contributed by atoms with Gasteiger partial charge in [0.2, 0.25) is 11.7 Å². The zero-order valence-corrected chi connectivity index (χ0v) is 25.8. The fraction of sp³-hybridized carbons (Fsp3) is 0.414. The fourth-order valence-corrected chi connectivity index (χ4v) is 5.09. The normalized spacial score (nSPS) is 11.8. The van der Waals surface area contributed by atoms with Crippen molar-refractivity contribution in [2.24, 2.45) is 16.5 Å². The van der Waals surface area contributed by atoms with Crippen LogP contribution in [0, 0.1) is 18.6 Å². The van der Waals surface area contributed by atoms with Crippen molar-refractivity contribution in [1.29, 1.82) is 0 Å². The summed E-state index contributed by atoms with van der Waals surface area (Å²) in [7, 11) is 0. The van der Waals surface area contributed by atoms with Gasteiger partial charge < -0.3 is 21.7 Å². The maximum atomic E-state index is 13.8. The number of halogens is 4. The Hall–Kier alpha value is -3.77. The third-order valence-corrected chi connectivity index (χ3v) is 6.99. The van der Waals surface area contributed by atoms with Crippen LogP contribution in [0.2, 0.25) is 10.0 Å². The Kier molecular flexibility index (Phi) is 12.3. The first kappa shape index (κ1) is 33.7. The van der Waals surface area contributed by atoms with Crippen molar-refractivity contribution < 1.29 is 18.4 Å². The zero-order valence-electron chi connectivity index (χ0n) is 24.3. The number of unbranched alkanes of at least 4 members (excludes halogenated alkanes) is 1. The number of nitrogens with two attached hydrogens (primary N) is 2. The zero-order chi connectivity index (χ0) is 31.7. The Morgan fingerprint density at radius 2 is 1.67 bits per heavy atom. The Labute approximate surface area is 259 Å². The summed E-state index contributed by atoms with van der Waals surface area (Å²) in [5.74, 6) is -1.97. The molecular weight excluding hydrogens is 601 g/mol. The van der Waals surface area contributed by atoms with Crippen LogP contribution in [0.5, 0.6) is 0 Å². The molecule has 0 bridgehead atoms. The van der Waals surface area contributed by atoms with Crippen LogP contribution in [-0.4, -0.2) is 62.6 Å². The van der Waals surface area contributed by atoms with Gasteiger partial charge in [-0.25, -0.2) is 18.4 Å². The lowest BCUT2D eigenvalue weighted by molar-refractivity contribution is -0.135. The van der Waals surface area contributed by atoms with E-state index in [-0.39, 0.29) is 23.7 Å². The molecule has 0 saturated heterocycles. The number of nitrogens with zero attached hydrogens (tertiary/aromatic N) is 5. The van der Waals surface area contributed by atoms with Gasteiger partial charge >= 0.3 is 0 Å². The minimum absolute atomic E-state index is 0.0249. The van der Waals surface area contributed by atoms with E-state index in [9.17, 15) is 18.4 Å². The van der Waals surface area contributed by atoms with Crippen LogP contribution in [0.15, 0.2) is 41.4 Å². The van der Waals surface area contributed by atoms with E-state index in [1.165, 1.54) is 16.8 Å². The van der Waals surface area contributed by atoms with Gasteiger partial charge in [0, 0.05) is 35.2 Å². The molecule has 2 aromatic carbocycles. The molecule has 1 heterocycles. The summed E-state index contributed by atoms with van der Waals surface area (Å²) in [6.45, 7) is 6.09. The predicted octanol–water partition coefficient (Wildman–Crippen LogP) is 4.57. The third kappa shape index (κ3) is 10.2. The van der Waals surface area contributed by atoms with E-state index in [2.05, 4.69) is 20.4 Å². The van der Waals surface area contributed by atoms with E-state index in [1.54, 1.807) is 30.0 Å². The number of aromatic nitrogens is 3. The van der Waals surface area contributed by atoms with Gasteiger partial charge in [0.25, 0.3) is 5.91 Å². The van der Waals surface area contributed by atoms with Crippen molar-refractivity contribution in [2.75, 3.05) is 13.1 Å². The van der Waals surface area contributed by atoms with E-state index >= 15 is 0 Å². The van der Waals surface area contributed by atoms with Crippen molar-refractivity contribution in [3.05, 3.63) is 75.3 Å². The second-order valence-corrected chi connectivity index (χ2v) is 11.2. The molecule has 0 saturated carbocycles. The highest BCUT2D eigenvalue weighted by Gasteiger charge is 2.29. The first-order valence-electron chi connectivity index (χ1n) is 13.9. The summed E-state index contributed by atoms with van der Waals surface area (Å²) in [5, 5.41) is 7.92. The monoisotopic (exact) mass is 636 g/mol. The average Bonchev–Trinajstić information content (AvgIpc) is 3.30. The van der Waals surface area contributed by atoms with Crippen molar-refractivity contribution in [1.82, 2.24) is 25.0 Å². The van der Waals surface area contributed by atoms with Crippen molar-refractivity contribution >= 4 is 41.0 Å². The highest BCUT2D eigenvalue weighted by molar-refractivity contribution is 6.34. The molecule has 14 heteroatoms. The van der Waals surface area contributed by atoms with Gasteiger partial charge in [0.05, 0.1) is 5.69 Å². The minimum atomic E-state index is -0.895. The Morgan fingerprint density at radius 1 is 1.02 bits per heavy atom. The molecule has 10 nitrogen and oxygen atoms in total. The number of rotatable bonds is 14. The molecule has 1 aromatic heterocycles. The SMILES string of the molecule is Cc1nc(C(=O)NC(CCCCN=C(N)N)C(=O)N(CCCc2cc(F)cc(F)c2)C(C)C)nn1-c1cc(Cl)cc(Cl)c1. The molecule has 1 atom stereocenters. The summed E-state index contributed by atoms with van der Waals surface area (Å²) in [6.07, 6.45) is 2.28. The number of guanidine groups is 1. The second-order valence-electron chi connectivity index (χ2n) is 10.4. The van der Waals surface area contributed by atoms with E-state index in [0.29, 0.717) is 72.3 Å². The molecule has 0 aliphatic carbocycles. The number of amides is 2. The first-order valence-corrected chi connectivity index (χ1v) is 14.6. The van der Waals surface area contributed by atoms with Crippen LogP contribution in [-0.2, 0) is 11.2 Å². The lowest BCUT2D eigenvalue weighted by atomic mass is 10.1. The van der Waals surface area contributed by atoms with E-state index in [0.717, 1.165) is 6.07 Å². The Balaban J connectivity index is 1.77. The van der Waals surface area contributed by atoms with Gasteiger partial charge in [-0.2, -0.15) is 0 Å². The van der Waals surface area contributed by atoms with Gasteiger partial charge in [-0.05, 0) is 88.8 Å². The molecule has 232 valence electrons. The van der Waals surface area contributed by atoms with Crippen LogP contribution in [0.25, 0.3) is 5.69 Å². The third-order valence-electron chi connectivity index (χ3n) is 6.56. The summed E-state index contributed by atoms with van der Waals surface area (Å²) in [5.41, 5.74) is 11.8. The second kappa shape index (κ2) is 15.6. The number of carbonyl (C=O) groups is 2. The molecule has 0 radical (unpaired) electrons. The number of nitrogens with one attached hydrogen (secondary N) is 1. The summed E-state index contributed by atoms with van der Waals surface area (Å²) < 4.78 is 28.7. The largest absolute Gasteiger partial charge is 0.370 e. The first-order chi connectivity index (χ1) is 20.3. The van der Waals surface area contributed by atoms with E-state index in [1.807, 2.05) is 13.8 Å². The topological polar surface area (TPSA) is 145 Å². The van der Waals surface area contributed by atoms with Crippen LogP contribution in [0.4, 0.5) is 8.78 Å². The molecule has 0 aliphatic heterocycles. The highest BCUT2D eigenvalue weighted by Crippen LogP contribution is 2.22. The minimum Gasteiger partial charge on any atom is -0.370 e. The van der Waals surface area contributed by atoms with Crippen LogP contribution < -0.4 is 16.8 Å². The molecular formula is C29H36Cl2F2N8O2. The average molecular weight is 638 g/mol. The molecule has 0 fully saturated rings. The fourth-order valence-electron chi connectivity index (χ4n) is 4.57. The quantitative estimate of drug-likeness (QED) is 0.134. The molecule has 5 N–H and O–H groups in total. The number of aryl methyl sites for hydroxylation is 2. The number of carbonyl (C=O) groups excluding carboxylic acids is 2. The number of hydrogen-bond acceptors (Lipinski definition) is 5. The van der Waals surface area contributed by atoms with Crippen molar-refractivity contribution in [3.63, 3.8) is 0 Å². The predicted molar refractivity (Wildman–Crippen MR) is 163 cm³/mol.